The van der Waals surface area contributed by atoms with Crippen LogP contribution in [0.2, 0.25) is 0 Å². The zero-order valence-corrected chi connectivity index (χ0v) is 6.90. The Labute approximate surface area is 69.9 Å². The summed E-state index contributed by atoms with van der Waals surface area (Å²) in [6.45, 7) is 0.402. The second kappa shape index (κ2) is 5.16. The zero-order valence-electron chi connectivity index (χ0n) is 6.09. The van der Waals surface area contributed by atoms with E-state index in [1.165, 1.54) is 4.90 Å². The first-order valence-electron chi connectivity index (χ1n) is 3.45. The predicted octanol–water partition coefficient (Wildman–Crippen LogP) is 2.25. The van der Waals surface area contributed by atoms with Gasteiger partial charge in [0.05, 0.1) is 0 Å². The van der Waals surface area contributed by atoms with E-state index in [1.807, 2.05) is 30.3 Å². The van der Waals surface area contributed by atoms with Gasteiger partial charge in [-0.1, -0.05) is 18.2 Å². The van der Waals surface area contributed by atoms with Crippen molar-refractivity contribution in [3.8, 4) is 0 Å². The highest BCUT2D eigenvalue weighted by atomic mass is 32.2. The van der Waals surface area contributed by atoms with Crippen molar-refractivity contribution in [1.29, 1.82) is 0 Å². The lowest BCUT2D eigenvalue weighted by Gasteiger charge is -1.97. The molecule has 0 bridgehead atoms. The van der Waals surface area contributed by atoms with Crippen LogP contribution < -0.4 is 5.54 Å². The van der Waals surface area contributed by atoms with Crippen LogP contribution in [0.15, 0.2) is 35.2 Å². The third kappa shape index (κ3) is 3.39. The number of halogens is 1. The fraction of sp³-hybridized carbons (Fsp3) is 0.250. The van der Waals surface area contributed by atoms with Crippen LogP contribution in [-0.4, -0.2) is 12.3 Å². The summed E-state index contributed by atoms with van der Waals surface area (Å²) in [7, 11) is 0. The first kappa shape index (κ1) is 8.56. The fourth-order valence-corrected chi connectivity index (χ4v) is 1.49. The highest BCUT2D eigenvalue weighted by Crippen LogP contribution is 2.15. The summed E-state index contributed by atoms with van der Waals surface area (Å²) in [6.07, 6.45) is 0. The van der Waals surface area contributed by atoms with Gasteiger partial charge in [0, 0.05) is 17.2 Å². The molecule has 0 aliphatic carbocycles. The van der Waals surface area contributed by atoms with Crippen molar-refractivity contribution < 1.29 is 4.48 Å². The monoisotopic (exact) mass is 171 g/mol. The molecule has 60 valence electrons. The molecule has 3 heteroatoms. The Morgan fingerprint density at radius 3 is 2.64 bits per heavy atom. The maximum Gasteiger partial charge on any atom is 0.0354 e. The Hall–Kier alpha value is -0.540. The van der Waals surface area contributed by atoms with Crippen molar-refractivity contribution >= 4 is 11.8 Å². The molecule has 0 aromatic heterocycles. The lowest BCUT2D eigenvalue weighted by atomic mass is 10.4. The molecule has 1 N–H and O–H groups in total. The van der Waals surface area contributed by atoms with E-state index in [1.54, 1.807) is 17.3 Å². The van der Waals surface area contributed by atoms with Gasteiger partial charge in [0.1, 0.15) is 0 Å². The number of rotatable bonds is 4. The molecule has 0 radical (unpaired) electrons. The average Bonchev–Trinajstić information content (AvgIpc) is 2.07. The molecular weight excluding hydrogens is 161 g/mol. The van der Waals surface area contributed by atoms with Gasteiger partial charge < -0.3 is 0 Å². The Balaban J connectivity index is 2.28. The van der Waals surface area contributed by atoms with E-state index in [4.69, 9.17) is 0 Å². The van der Waals surface area contributed by atoms with Crippen LogP contribution in [0.3, 0.4) is 0 Å². The van der Waals surface area contributed by atoms with Crippen LogP contribution in [0.5, 0.6) is 0 Å². The molecule has 1 nitrogen and oxygen atoms in total. The van der Waals surface area contributed by atoms with Gasteiger partial charge in [-0.3, -0.25) is 0 Å². The minimum absolute atomic E-state index is 0.402. The van der Waals surface area contributed by atoms with E-state index in [-0.39, 0.29) is 0 Å². The molecule has 11 heavy (non-hydrogen) atoms. The van der Waals surface area contributed by atoms with Crippen LogP contribution in [0, 0.1) is 0 Å². The summed E-state index contributed by atoms with van der Waals surface area (Å²) < 4.78 is 11.4. The van der Waals surface area contributed by atoms with Crippen molar-refractivity contribution in [2.75, 3.05) is 12.3 Å². The van der Waals surface area contributed by atoms with Crippen LogP contribution in [-0.2, 0) is 0 Å². The standard InChI is InChI=1S/C8H10FNS/c9-10-6-7-11-8-4-2-1-3-5-8/h1-5,10H,6-7H2. The molecule has 0 fully saturated rings. The normalized spacial score (nSPS) is 9.91. The summed E-state index contributed by atoms with van der Waals surface area (Å²) in [5.74, 6) is 0.764. The van der Waals surface area contributed by atoms with Crippen molar-refractivity contribution in [2.45, 2.75) is 4.90 Å². The maximum absolute atomic E-state index is 11.4. The topological polar surface area (TPSA) is 12.0 Å². The zero-order chi connectivity index (χ0) is 7.94. The minimum Gasteiger partial charge on any atom is -0.158 e. The summed E-state index contributed by atoms with van der Waals surface area (Å²) in [5, 5.41) is 0. The SMILES string of the molecule is FNCCSc1ccccc1. The third-order valence-corrected chi connectivity index (χ3v) is 2.22. The molecule has 1 rings (SSSR count). The Kier molecular flexibility index (Phi) is 4.01. The second-order valence-electron chi connectivity index (χ2n) is 2.05. The fourth-order valence-electron chi connectivity index (χ4n) is 0.724. The van der Waals surface area contributed by atoms with Crippen molar-refractivity contribution in [3.63, 3.8) is 0 Å². The molecular formula is C8H10FNS. The van der Waals surface area contributed by atoms with E-state index < -0.39 is 0 Å². The van der Waals surface area contributed by atoms with Gasteiger partial charge in [0.15, 0.2) is 0 Å². The number of nitrogens with one attached hydrogen (secondary N) is 1. The maximum atomic E-state index is 11.4. The molecule has 0 heterocycles. The summed E-state index contributed by atoms with van der Waals surface area (Å²) in [6, 6.07) is 9.96. The molecule has 0 unspecified atom stereocenters. The van der Waals surface area contributed by atoms with E-state index in [0.717, 1.165) is 5.75 Å². The Morgan fingerprint density at radius 2 is 2.00 bits per heavy atom. The van der Waals surface area contributed by atoms with Gasteiger partial charge in [0.2, 0.25) is 0 Å². The second-order valence-corrected chi connectivity index (χ2v) is 3.21. The van der Waals surface area contributed by atoms with Crippen LogP contribution >= 0.6 is 11.8 Å². The van der Waals surface area contributed by atoms with Crippen LogP contribution in [0.4, 0.5) is 4.48 Å². The number of hydrogen-bond acceptors (Lipinski definition) is 2. The summed E-state index contributed by atoms with van der Waals surface area (Å²) in [5.41, 5.74) is 1.62. The number of benzene rings is 1. The minimum atomic E-state index is 0.402. The van der Waals surface area contributed by atoms with Crippen molar-refractivity contribution in [1.82, 2.24) is 5.54 Å². The smallest absolute Gasteiger partial charge is 0.0354 e. The lowest BCUT2D eigenvalue weighted by Crippen LogP contribution is -2.04. The molecule has 1 aromatic rings. The van der Waals surface area contributed by atoms with Gasteiger partial charge in [0.25, 0.3) is 0 Å². The molecule has 0 saturated carbocycles. The van der Waals surface area contributed by atoms with E-state index >= 15 is 0 Å². The van der Waals surface area contributed by atoms with Gasteiger partial charge in [-0.25, -0.2) is 0 Å². The van der Waals surface area contributed by atoms with Gasteiger partial charge in [-0.15, -0.1) is 16.2 Å². The molecule has 1 aromatic carbocycles. The van der Waals surface area contributed by atoms with E-state index in [9.17, 15) is 4.48 Å². The Bertz CT molecular complexity index is 191. The molecule has 0 atom stereocenters. The highest BCUT2D eigenvalue weighted by molar-refractivity contribution is 7.99. The summed E-state index contributed by atoms with van der Waals surface area (Å²) in [4.78, 5) is 1.18. The quantitative estimate of drug-likeness (QED) is 0.423. The molecule has 0 aliphatic heterocycles. The molecule has 0 saturated heterocycles. The first-order chi connectivity index (χ1) is 5.43. The van der Waals surface area contributed by atoms with E-state index in [2.05, 4.69) is 0 Å². The number of hydrogen-bond donors (Lipinski definition) is 1. The molecule has 0 aliphatic rings. The average molecular weight is 171 g/mol. The van der Waals surface area contributed by atoms with Crippen LogP contribution in [0.1, 0.15) is 0 Å². The third-order valence-electron chi connectivity index (χ3n) is 1.21. The van der Waals surface area contributed by atoms with E-state index in [0.29, 0.717) is 6.54 Å². The number of thioether (sulfide) groups is 1. The van der Waals surface area contributed by atoms with Gasteiger partial charge >= 0.3 is 0 Å². The predicted molar refractivity (Wildman–Crippen MR) is 46.3 cm³/mol. The molecule has 0 amide bonds. The lowest BCUT2D eigenvalue weighted by molar-refractivity contribution is 0.348. The van der Waals surface area contributed by atoms with Gasteiger partial charge in [-0.2, -0.15) is 5.54 Å². The first-order valence-corrected chi connectivity index (χ1v) is 4.43. The molecule has 0 spiro atoms. The largest absolute Gasteiger partial charge is 0.158 e. The summed E-state index contributed by atoms with van der Waals surface area (Å²) >= 11 is 1.64. The van der Waals surface area contributed by atoms with Crippen molar-refractivity contribution in [3.05, 3.63) is 30.3 Å². The Morgan fingerprint density at radius 1 is 1.27 bits per heavy atom. The van der Waals surface area contributed by atoms with Crippen LogP contribution in [0.25, 0.3) is 0 Å². The van der Waals surface area contributed by atoms with Gasteiger partial charge in [-0.05, 0) is 12.1 Å². The van der Waals surface area contributed by atoms with Crippen molar-refractivity contribution in [2.24, 2.45) is 0 Å². The highest BCUT2D eigenvalue weighted by Gasteiger charge is 1.90.